The number of rotatable bonds is 6. The lowest BCUT2D eigenvalue weighted by molar-refractivity contribution is -0.140. The molecule has 0 aliphatic carbocycles. The van der Waals surface area contributed by atoms with E-state index in [1.807, 2.05) is 13.0 Å². The molecule has 2 aromatic rings. The maximum atomic E-state index is 12.9. The number of carbonyl (C=O) groups excluding carboxylic acids is 2. The number of methoxy groups -OCH3 is 2. The molecule has 1 fully saturated rings. The Morgan fingerprint density at radius 1 is 1.14 bits per heavy atom. The predicted octanol–water partition coefficient (Wildman–Crippen LogP) is 3.73. The molecule has 3 rings (SSSR count). The van der Waals surface area contributed by atoms with E-state index >= 15 is 0 Å². The van der Waals surface area contributed by atoms with Crippen molar-refractivity contribution in [2.75, 3.05) is 27.4 Å². The highest BCUT2D eigenvalue weighted by molar-refractivity contribution is 6.46. The normalized spacial score (nSPS) is 18.3. The lowest BCUT2D eigenvalue weighted by Gasteiger charge is -2.25. The Hall–Kier alpha value is -2.83. The second-order valence-corrected chi connectivity index (χ2v) is 7.18. The Bertz CT molecular complexity index is 968. The lowest BCUT2D eigenvalue weighted by Crippen LogP contribution is -2.32. The van der Waals surface area contributed by atoms with Crippen molar-refractivity contribution in [3.8, 4) is 5.75 Å². The van der Waals surface area contributed by atoms with Crippen LogP contribution in [-0.4, -0.2) is 49.1 Å². The van der Waals surface area contributed by atoms with E-state index in [0.717, 1.165) is 5.56 Å². The zero-order valence-corrected chi connectivity index (χ0v) is 17.2. The maximum Gasteiger partial charge on any atom is 0.295 e. The molecule has 2 aromatic carbocycles. The Balaban J connectivity index is 2.22. The Kier molecular flexibility index (Phi) is 6.25. The Morgan fingerprint density at radius 3 is 2.45 bits per heavy atom. The first-order valence-corrected chi connectivity index (χ1v) is 9.44. The van der Waals surface area contributed by atoms with Crippen LogP contribution in [-0.2, 0) is 14.3 Å². The van der Waals surface area contributed by atoms with Gasteiger partial charge in [0.05, 0.1) is 30.9 Å². The van der Waals surface area contributed by atoms with Gasteiger partial charge >= 0.3 is 0 Å². The van der Waals surface area contributed by atoms with Crippen molar-refractivity contribution in [3.63, 3.8) is 0 Å². The van der Waals surface area contributed by atoms with E-state index in [9.17, 15) is 14.7 Å². The molecule has 152 valence electrons. The largest absolute Gasteiger partial charge is 0.507 e. The van der Waals surface area contributed by atoms with Crippen molar-refractivity contribution in [1.29, 1.82) is 0 Å². The van der Waals surface area contributed by atoms with Crippen molar-refractivity contribution in [2.24, 2.45) is 0 Å². The third kappa shape index (κ3) is 3.99. The number of aliphatic hydroxyl groups excluding tert-OH is 1. The van der Waals surface area contributed by atoms with E-state index < -0.39 is 17.7 Å². The van der Waals surface area contributed by atoms with Crippen LogP contribution in [0.25, 0.3) is 5.76 Å². The van der Waals surface area contributed by atoms with Crippen LogP contribution in [0.1, 0.15) is 22.7 Å². The van der Waals surface area contributed by atoms with Crippen molar-refractivity contribution in [3.05, 3.63) is 69.8 Å². The molecule has 1 aliphatic heterocycles. The fourth-order valence-corrected chi connectivity index (χ4v) is 3.57. The number of aryl methyl sites for hydroxylation is 1. The zero-order valence-electron chi connectivity index (χ0n) is 16.4. The summed E-state index contributed by atoms with van der Waals surface area (Å²) in [5.41, 5.74) is 1.91. The highest BCUT2D eigenvalue weighted by Gasteiger charge is 2.46. The number of benzene rings is 2. The maximum absolute atomic E-state index is 12.9. The molecule has 0 saturated carbocycles. The van der Waals surface area contributed by atoms with E-state index in [4.69, 9.17) is 21.1 Å². The minimum absolute atomic E-state index is 0.0114. The van der Waals surface area contributed by atoms with Crippen molar-refractivity contribution in [2.45, 2.75) is 13.0 Å². The topological polar surface area (TPSA) is 76.1 Å². The summed E-state index contributed by atoms with van der Waals surface area (Å²) in [5, 5.41) is 11.6. The van der Waals surface area contributed by atoms with Crippen LogP contribution in [0.5, 0.6) is 5.75 Å². The van der Waals surface area contributed by atoms with E-state index in [-0.39, 0.29) is 24.5 Å². The monoisotopic (exact) mass is 415 g/mol. The molecule has 0 radical (unpaired) electrons. The molecule has 1 saturated heterocycles. The molecule has 1 unspecified atom stereocenters. The number of Topliss-reactive ketones (excluding diaryl/α,β-unsaturated/α-hetero) is 1. The average Bonchev–Trinajstić information content (AvgIpc) is 2.97. The fourth-order valence-electron chi connectivity index (χ4n) is 3.44. The summed E-state index contributed by atoms with van der Waals surface area (Å²) >= 11 is 6.00. The first-order valence-electron chi connectivity index (χ1n) is 9.06. The third-order valence-electron chi connectivity index (χ3n) is 4.87. The Morgan fingerprint density at radius 2 is 1.83 bits per heavy atom. The number of hydrogen-bond donors (Lipinski definition) is 1. The van der Waals surface area contributed by atoms with E-state index in [1.54, 1.807) is 36.4 Å². The SMILES string of the molecule is COCCN1C(=O)C(=O)/C(=C(/O)c2cc(C)ccc2OC)C1c1ccc(Cl)cc1. The quantitative estimate of drug-likeness (QED) is 0.442. The van der Waals surface area contributed by atoms with Gasteiger partial charge in [-0.15, -0.1) is 0 Å². The number of hydrogen-bond acceptors (Lipinski definition) is 5. The van der Waals surface area contributed by atoms with Gasteiger partial charge in [0.15, 0.2) is 0 Å². The van der Waals surface area contributed by atoms with Gasteiger partial charge < -0.3 is 19.5 Å². The molecule has 0 spiro atoms. The van der Waals surface area contributed by atoms with E-state index in [1.165, 1.54) is 19.1 Å². The molecule has 1 aliphatic rings. The van der Waals surface area contributed by atoms with Gasteiger partial charge in [0, 0.05) is 18.7 Å². The smallest absolute Gasteiger partial charge is 0.295 e. The molecule has 1 atom stereocenters. The van der Waals surface area contributed by atoms with Crippen LogP contribution in [0.15, 0.2) is 48.0 Å². The molecule has 7 heteroatoms. The van der Waals surface area contributed by atoms with E-state index in [2.05, 4.69) is 0 Å². The summed E-state index contributed by atoms with van der Waals surface area (Å²) in [6, 6.07) is 11.3. The third-order valence-corrected chi connectivity index (χ3v) is 5.12. The highest BCUT2D eigenvalue weighted by atomic mass is 35.5. The fraction of sp³-hybridized carbons (Fsp3) is 0.273. The molecule has 29 heavy (non-hydrogen) atoms. The van der Waals surface area contributed by atoms with Crippen molar-refractivity contribution >= 4 is 29.1 Å². The average molecular weight is 416 g/mol. The molecule has 1 heterocycles. The summed E-state index contributed by atoms with van der Waals surface area (Å²) in [5.74, 6) is -1.30. The van der Waals surface area contributed by atoms with Gasteiger partial charge in [-0.3, -0.25) is 9.59 Å². The predicted molar refractivity (Wildman–Crippen MR) is 110 cm³/mol. The number of nitrogens with zero attached hydrogens (tertiary/aromatic N) is 1. The van der Waals surface area contributed by atoms with Crippen molar-refractivity contribution < 1.29 is 24.2 Å². The van der Waals surface area contributed by atoms with Gasteiger partial charge in [0.2, 0.25) is 0 Å². The van der Waals surface area contributed by atoms with Gasteiger partial charge in [-0.1, -0.05) is 35.4 Å². The minimum atomic E-state index is -0.757. The number of amides is 1. The Labute approximate surface area is 174 Å². The van der Waals surface area contributed by atoms with Crippen LogP contribution in [0.4, 0.5) is 0 Å². The molecular formula is C22H22ClNO5. The van der Waals surface area contributed by atoms with Crippen LogP contribution < -0.4 is 4.74 Å². The highest BCUT2D eigenvalue weighted by Crippen LogP contribution is 2.41. The van der Waals surface area contributed by atoms with E-state index in [0.29, 0.717) is 21.9 Å². The summed E-state index contributed by atoms with van der Waals surface area (Å²) < 4.78 is 10.4. The number of halogens is 1. The number of likely N-dealkylation sites (tertiary alicyclic amines) is 1. The number of aliphatic hydroxyl groups is 1. The minimum Gasteiger partial charge on any atom is -0.507 e. The van der Waals surface area contributed by atoms with Crippen LogP contribution in [0.2, 0.25) is 5.02 Å². The summed E-state index contributed by atoms with van der Waals surface area (Å²) in [7, 11) is 3.00. The lowest BCUT2D eigenvalue weighted by atomic mass is 9.94. The number of carbonyl (C=O) groups is 2. The van der Waals surface area contributed by atoms with Crippen LogP contribution in [0.3, 0.4) is 0 Å². The van der Waals surface area contributed by atoms with Gasteiger partial charge in [-0.25, -0.2) is 0 Å². The van der Waals surface area contributed by atoms with Crippen molar-refractivity contribution in [1.82, 2.24) is 4.90 Å². The summed E-state index contributed by atoms with van der Waals surface area (Å²) in [6.07, 6.45) is 0. The van der Waals surface area contributed by atoms with Gasteiger partial charge in [-0.05, 0) is 36.8 Å². The molecule has 0 aromatic heterocycles. The molecule has 1 amide bonds. The number of ketones is 1. The van der Waals surface area contributed by atoms with Gasteiger partial charge in [0.1, 0.15) is 11.5 Å². The first kappa shape index (κ1) is 20.9. The molecular weight excluding hydrogens is 394 g/mol. The number of ether oxygens (including phenoxy) is 2. The molecule has 0 bridgehead atoms. The van der Waals surface area contributed by atoms with Gasteiger partial charge in [-0.2, -0.15) is 0 Å². The van der Waals surface area contributed by atoms with Crippen LogP contribution >= 0.6 is 11.6 Å². The summed E-state index contributed by atoms with van der Waals surface area (Å²) in [4.78, 5) is 27.1. The van der Waals surface area contributed by atoms with Crippen LogP contribution in [0, 0.1) is 6.92 Å². The van der Waals surface area contributed by atoms with Gasteiger partial charge in [0.25, 0.3) is 11.7 Å². The zero-order chi connectivity index (χ0) is 21.1. The molecule has 1 N–H and O–H groups in total. The standard InChI is InChI=1S/C22H22ClNO5/c1-13-4-9-17(29-3)16(12-13)20(25)18-19(14-5-7-15(23)8-6-14)24(10-11-28-2)22(27)21(18)26/h4-9,12,19,25H,10-11H2,1-3H3/b20-18+. The molecule has 6 nitrogen and oxygen atoms in total. The second kappa shape index (κ2) is 8.68. The second-order valence-electron chi connectivity index (χ2n) is 6.74. The first-order chi connectivity index (χ1) is 13.9. The summed E-state index contributed by atoms with van der Waals surface area (Å²) in [6.45, 7) is 2.32.